The zero-order chi connectivity index (χ0) is 34.7. The molecule has 4 aliphatic heterocycles. The third-order valence-corrected chi connectivity index (χ3v) is 9.86. The third kappa shape index (κ3) is 5.38. The molecule has 8 rings (SSSR count). The highest BCUT2D eigenvalue weighted by molar-refractivity contribution is 5.89. The number of carbonyl (C=O) groups excluding carboxylic acids is 1. The quantitative estimate of drug-likeness (QED) is 0.109. The lowest BCUT2D eigenvalue weighted by Gasteiger charge is -2.67. The number of hydrogen-bond donors (Lipinski definition) is 9. The van der Waals surface area contributed by atoms with Crippen LogP contribution >= 0.6 is 0 Å². The van der Waals surface area contributed by atoms with E-state index in [1.165, 1.54) is 0 Å². The molecule has 6 bridgehead atoms. The number of carboxylic acid groups (broad SMARTS) is 3. The van der Waals surface area contributed by atoms with E-state index in [0.29, 0.717) is 5.56 Å². The minimum absolute atomic E-state index is 0.0902. The number of benzene rings is 1. The van der Waals surface area contributed by atoms with Crippen molar-refractivity contribution in [3.8, 4) is 0 Å². The second-order valence-electron chi connectivity index (χ2n) is 12.7. The normalized spacial score (nSPS) is 41.0. The first-order valence-corrected chi connectivity index (χ1v) is 14.6. The number of aliphatic carboxylic acids is 3. The molecule has 0 amide bonds. The third-order valence-electron chi connectivity index (χ3n) is 9.86. The van der Waals surface area contributed by atoms with E-state index in [0.717, 1.165) is 0 Å². The highest BCUT2D eigenvalue weighted by Gasteiger charge is 2.94. The molecule has 4 saturated heterocycles. The summed E-state index contributed by atoms with van der Waals surface area (Å²) >= 11 is 0. The molecule has 3 aliphatic carbocycles. The second kappa shape index (κ2) is 12.0. The smallest absolute Gasteiger partial charge is 0.338 e. The first kappa shape index (κ1) is 35.0. The second-order valence-corrected chi connectivity index (χ2v) is 12.7. The van der Waals surface area contributed by atoms with E-state index in [1.807, 2.05) is 0 Å². The lowest BCUT2D eigenvalue weighted by molar-refractivity contribution is -0.424. The predicted octanol–water partition coefficient (Wildman–Crippen LogP) is -2.61. The van der Waals surface area contributed by atoms with Crippen LogP contribution in [0.1, 0.15) is 43.0 Å². The van der Waals surface area contributed by atoms with Gasteiger partial charge in [-0.05, 0) is 25.5 Å². The SMILES string of the molecule is C[C@]12C[C@]3(O)OC(O1)[C@@]1(COC(=O)c4ccccc4)C3C[C@@]12O[C@@H]1O[C@H](CO)[C@@H](O)[C@H](O)[C@H]1O.O=C(O)CC(O)(CC(=O)O)C(=O)O. The monoisotopic (exact) mass is 672 g/mol. The first-order valence-electron chi connectivity index (χ1n) is 14.6. The molecule has 9 N–H and O–H groups in total. The molecule has 1 aromatic rings. The highest BCUT2D eigenvalue weighted by atomic mass is 16.8. The minimum atomic E-state index is -2.74. The van der Waals surface area contributed by atoms with Crippen LogP contribution in [0.4, 0.5) is 0 Å². The van der Waals surface area contributed by atoms with Crippen LogP contribution in [0.25, 0.3) is 0 Å². The average Bonchev–Trinajstić information content (AvgIpc) is 3.18. The molecular formula is C29H36O18. The molecule has 4 heterocycles. The van der Waals surface area contributed by atoms with Crippen molar-refractivity contribution in [1.29, 1.82) is 0 Å². The number of carbonyl (C=O) groups is 4. The molecule has 11 atom stereocenters. The van der Waals surface area contributed by atoms with Crippen molar-refractivity contribution in [3.05, 3.63) is 35.9 Å². The van der Waals surface area contributed by atoms with Gasteiger partial charge < -0.3 is 69.6 Å². The maximum Gasteiger partial charge on any atom is 0.338 e. The van der Waals surface area contributed by atoms with E-state index >= 15 is 0 Å². The molecule has 2 unspecified atom stereocenters. The van der Waals surface area contributed by atoms with Crippen molar-refractivity contribution in [1.82, 2.24) is 0 Å². The van der Waals surface area contributed by atoms with E-state index in [4.69, 9.17) is 44.1 Å². The van der Waals surface area contributed by atoms with Crippen molar-refractivity contribution >= 4 is 23.9 Å². The summed E-state index contributed by atoms with van der Waals surface area (Å²) in [7, 11) is 0. The Kier molecular flexibility index (Phi) is 8.93. The number of esters is 1. The van der Waals surface area contributed by atoms with E-state index in [1.54, 1.807) is 37.3 Å². The van der Waals surface area contributed by atoms with Crippen molar-refractivity contribution in [2.24, 2.45) is 11.3 Å². The molecule has 1 aromatic carbocycles. The van der Waals surface area contributed by atoms with Gasteiger partial charge in [0, 0.05) is 12.3 Å². The Hall–Kier alpha value is -3.30. The Balaban J connectivity index is 0.000000285. The molecule has 7 fully saturated rings. The van der Waals surface area contributed by atoms with E-state index in [9.17, 15) is 44.7 Å². The molecule has 0 spiro atoms. The van der Waals surface area contributed by atoms with Crippen molar-refractivity contribution < 1.29 is 88.8 Å². The Morgan fingerprint density at radius 2 is 1.57 bits per heavy atom. The van der Waals surface area contributed by atoms with Gasteiger partial charge in [0.05, 0.1) is 30.4 Å². The number of aliphatic hydroxyl groups is 6. The van der Waals surface area contributed by atoms with Crippen molar-refractivity contribution in [2.45, 2.75) is 92.2 Å². The summed E-state index contributed by atoms with van der Waals surface area (Å²) in [6.45, 7) is 0.985. The number of carboxylic acids is 3. The van der Waals surface area contributed by atoms with Gasteiger partial charge in [-0.1, -0.05) is 18.2 Å². The van der Waals surface area contributed by atoms with Gasteiger partial charge in [0.25, 0.3) is 0 Å². The fourth-order valence-electron chi connectivity index (χ4n) is 7.59. The van der Waals surface area contributed by atoms with Crippen LogP contribution in [0.5, 0.6) is 0 Å². The van der Waals surface area contributed by atoms with Crippen molar-refractivity contribution in [3.63, 3.8) is 0 Å². The molecule has 7 aliphatic rings. The summed E-state index contributed by atoms with van der Waals surface area (Å²) < 4.78 is 29.7. The van der Waals surface area contributed by atoms with E-state index < -0.39 is 114 Å². The Morgan fingerprint density at radius 3 is 2.13 bits per heavy atom. The highest BCUT2D eigenvalue weighted by Crippen LogP contribution is 2.81. The molecule has 18 heteroatoms. The van der Waals surface area contributed by atoms with Crippen LogP contribution in [-0.2, 0) is 38.1 Å². The lowest BCUT2D eigenvalue weighted by atomic mass is 9.41. The van der Waals surface area contributed by atoms with Gasteiger partial charge in [0.15, 0.2) is 24.0 Å². The number of aliphatic hydroxyl groups excluding tert-OH is 4. The van der Waals surface area contributed by atoms with Gasteiger partial charge in [-0.15, -0.1) is 0 Å². The van der Waals surface area contributed by atoms with Gasteiger partial charge >= 0.3 is 23.9 Å². The van der Waals surface area contributed by atoms with Gasteiger partial charge in [-0.3, -0.25) is 9.59 Å². The maximum absolute atomic E-state index is 12.7. The lowest BCUT2D eigenvalue weighted by Crippen LogP contribution is -2.80. The fraction of sp³-hybridized carbons (Fsp3) is 0.655. The average molecular weight is 673 g/mol. The molecule has 0 aromatic heterocycles. The zero-order valence-electron chi connectivity index (χ0n) is 24.9. The van der Waals surface area contributed by atoms with Crippen molar-refractivity contribution in [2.75, 3.05) is 13.2 Å². The minimum Gasteiger partial charge on any atom is -0.481 e. The van der Waals surface area contributed by atoms with E-state index in [2.05, 4.69) is 0 Å². The zero-order valence-corrected chi connectivity index (χ0v) is 24.9. The van der Waals surface area contributed by atoms with Gasteiger partial charge in [-0.25, -0.2) is 9.59 Å². The Labute approximate surface area is 265 Å². The Bertz CT molecular complexity index is 1390. The standard InChI is InChI=1S/C23H28O11.C6H8O7/c1-20-9-22(29)13-7-23(20,32-18-16(27)15(26)14(25)12(8-24)31-18)21(13,19(33-20)34-22)10-30-17(28)11-5-3-2-4-6-11;7-3(8)1-6(13,5(11)12)2-4(9)10/h2-6,12-16,18-19,24-27,29H,7-10H2,1H3;13H,1-2H2,(H,7,8)(H,9,10)(H,11,12)/t12-,13?,14-,15+,16-,18+,19?,20-,21-,22+,23+;/m1./s1. The fourth-order valence-corrected chi connectivity index (χ4v) is 7.59. The van der Waals surface area contributed by atoms with Gasteiger partial charge in [0.1, 0.15) is 42.2 Å². The topological polar surface area (TPSA) is 296 Å². The molecule has 0 radical (unpaired) electrons. The van der Waals surface area contributed by atoms with Crippen LogP contribution in [0, 0.1) is 11.3 Å². The molecule has 18 nitrogen and oxygen atoms in total. The summed E-state index contributed by atoms with van der Waals surface area (Å²) in [5, 5.41) is 85.5. The Morgan fingerprint density at radius 1 is 0.957 bits per heavy atom. The molecule has 47 heavy (non-hydrogen) atoms. The van der Waals surface area contributed by atoms with Gasteiger partial charge in [-0.2, -0.15) is 0 Å². The number of hydrogen-bond acceptors (Lipinski definition) is 15. The number of ether oxygens (including phenoxy) is 5. The predicted molar refractivity (Wildman–Crippen MR) is 146 cm³/mol. The summed E-state index contributed by atoms with van der Waals surface area (Å²) in [5.41, 5.74) is -5.73. The number of rotatable bonds is 11. The van der Waals surface area contributed by atoms with Crippen LogP contribution in [0.2, 0.25) is 0 Å². The maximum atomic E-state index is 12.7. The van der Waals surface area contributed by atoms with Crippen LogP contribution in [0.15, 0.2) is 30.3 Å². The summed E-state index contributed by atoms with van der Waals surface area (Å²) in [4.78, 5) is 43.2. The molecular weight excluding hydrogens is 636 g/mol. The van der Waals surface area contributed by atoms with Gasteiger partial charge in [0.2, 0.25) is 0 Å². The molecule has 3 saturated carbocycles. The largest absolute Gasteiger partial charge is 0.481 e. The summed E-state index contributed by atoms with van der Waals surface area (Å²) in [6.07, 6.45) is -10.2. The first-order chi connectivity index (χ1) is 21.9. The molecule has 260 valence electrons. The van der Waals surface area contributed by atoms with Crippen LogP contribution in [-0.4, -0.2) is 143 Å². The summed E-state index contributed by atoms with van der Waals surface area (Å²) in [5.74, 6) is -7.51. The van der Waals surface area contributed by atoms with Crippen LogP contribution in [0.3, 0.4) is 0 Å². The van der Waals surface area contributed by atoms with Crippen LogP contribution < -0.4 is 0 Å². The van der Waals surface area contributed by atoms with E-state index in [-0.39, 0.29) is 19.4 Å². The summed E-state index contributed by atoms with van der Waals surface area (Å²) in [6, 6.07) is 8.47.